The lowest BCUT2D eigenvalue weighted by atomic mass is 10.1. The number of carbonyl (C=O) groups excluding carboxylic acids is 1. The van der Waals surface area contributed by atoms with E-state index in [2.05, 4.69) is 10.4 Å². The van der Waals surface area contributed by atoms with Crippen LogP contribution in [0, 0.1) is 10.5 Å². The molecule has 11 heteroatoms. The maximum absolute atomic E-state index is 13.6. The number of benzene rings is 1. The van der Waals surface area contributed by atoms with Gasteiger partial charge < -0.3 is 10.1 Å². The molecule has 1 aromatic heterocycles. The molecule has 0 unspecified atom stereocenters. The van der Waals surface area contributed by atoms with Crippen molar-refractivity contribution in [3.8, 4) is 0 Å². The SMILES string of the molecule is CCCCOC(=O)NCc1ccc(Cn2cc(I)c(C(F)(F)C(F)(F)F)n2)cc1C. The van der Waals surface area contributed by atoms with Crippen molar-refractivity contribution in [1.82, 2.24) is 15.1 Å². The highest BCUT2D eigenvalue weighted by molar-refractivity contribution is 14.1. The van der Waals surface area contributed by atoms with E-state index in [1.165, 1.54) is 22.6 Å². The molecule has 1 N–H and O–H groups in total. The first-order valence-corrected chi connectivity index (χ1v) is 10.2. The first kappa shape index (κ1) is 24.4. The number of hydrogen-bond acceptors (Lipinski definition) is 3. The molecule has 0 fully saturated rings. The minimum atomic E-state index is -5.71. The molecule has 5 nitrogen and oxygen atoms in total. The second kappa shape index (κ2) is 9.92. The average Bonchev–Trinajstić information content (AvgIpc) is 3.01. The van der Waals surface area contributed by atoms with Crippen LogP contribution in [0.15, 0.2) is 24.4 Å². The van der Waals surface area contributed by atoms with Crippen molar-refractivity contribution in [2.75, 3.05) is 6.61 Å². The standard InChI is InChI=1S/C19H21F5IN3O2/c1-3-4-7-30-17(29)26-9-14-6-5-13(8-12(14)2)10-28-11-15(25)16(27-28)18(20,21)19(22,23)24/h5-6,8,11H,3-4,7,9-10H2,1-2H3,(H,26,29). The molecule has 0 atom stereocenters. The van der Waals surface area contributed by atoms with E-state index in [4.69, 9.17) is 4.74 Å². The Kier molecular flexibility index (Phi) is 8.06. The summed E-state index contributed by atoms with van der Waals surface area (Å²) < 4.78 is 70.8. The van der Waals surface area contributed by atoms with Crippen LogP contribution in [-0.2, 0) is 23.7 Å². The molecule has 2 aromatic rings. The normalized spacial score (nSPS) is 12.1. The number of ether oxygens (including phenoxy) is 1. The molecule has 0 saturated carbocycles. The first-order valence-electron chi connectivity index (χ1n) is 9.12. The van der Waals surface area contributed by atoms with Gasteiger partial charge in [0, 0.05) is 12.7 Å². The summed E-state index contributed by atoms with van der Waals surface area (Å²) in [6.07, 6.45) is -3.39. The van der Waals surface area contributed by atoms with Crippen molar-refractivity contribution >= 4 is 28.7 Å². The third kappa shape index (κ3) is 6.05. The van der Waals surface area contributed by atoms with Gasteiger partial charge in [-0.15, -0.1) is 0 Å². The van der Waals surface area contributed by atoms with Crippen molar-refractivity contribution in [2.45, 2.75) is 51.9 Å². The Morgan fingerprint density at radius 1 is 1.27 bits per heavy atom. The number of nitrogens with one attached hydrogen (secondary N) is 1. The molecular weight excluding hydrogens is 524 g/mol. The summed E-state index contributed by atoms with van der Waals surface area (Å²) in [6.45, 7) is 4.41. The van der Waals surface area contributed by atoms with E-state index in [0.717, 1.165) is 34.8 Å². The Bertz CT molecular complexity index is 884. The van der Waals surface area contributed by atoms with Crippen LogP contribution in [-0.4, -0.2) is 28.7 Å². The number of alkyl carbamates (subject to hydrolysis) is 1. The van der Waals surface area contributed by atoms with Gasteiger partial charge in [-0.2, -0.15) is 27.1 Å². The summed E-state index contributed by atoms with van der Waals surface area (Å²) in [7, 11) is 0. The summed E-state index contributed by atoms with van der Waals surface area (Å²) in [6, 6.07) is 5.20. The zero-order valence-electron chi connectivity index (χ0n) is 16.3. The molecule has 1 amide bonds. The lowest BCUT2D eigenvalue weighted by Crippen LogP contribution is -2.34. The summed E-state index contributed by atoms with van der Waals surface area (Å²) >= 11 is 1.41. The second-order valence-electron chi connectivity index (χ2n) is 6.70. The van der Waals surface area contributed by atoms with E-state index in [0.29, 0.717) is 12.2 Å². The highest BCUT2D eigenvalue weighted by Gasteiger charge is 2.61. The Morgan fingerprint density at radius 2 is 1.97 bits per heavy atom. The second-order valence-corrected chi connectivity index (χ2v) is 7.86. The number of aromatic nitrogens is 2. The monoisotopic (exact) mass is 545 g/mol. The van der Waals surface area contributed by atoms with E-state index >= 15 is 0 Å². The van der Waals surface area contributed by atoms with Gasteiger partial charge in [0.25, 0.3) is 0 Å². The third-order valence-corrected chi connectivity index (χ3v) is 5.07. The van der Waals surface area contributed by atoms with Gasteiger partial charge in [-0.25, -0.2) is 4.79 Å². The van der Waals surface area contributed by atoms with Gasteiger partial charge in [-0.05, 0) is 52.6 Å². The highest BCUT2D eigenvalue weighted by Crippen LogP contribution is 2.44. The van der Waals surface area contributed by atoms with Crippen LogP contribution in [0.25, 0.3) is 0 Å². The number of hydrogen-bond donors (Lipinski definition) is 1. The van der Waals surface area contributed by atoms with Gasteiger partial charge in [0.1, 0.15) is 0 Å². The summed E-state index contributed by atoms with van der Waals surface area (Å²) in [5.74, 6) is -5.02. The molecule has 0 bridgehead atoms. The van der Waals surface area contributed by atoms with E-state index in [9.17, 15) is 26.7 Å². The number of amides is 1. The fraction of sp³-hybridized carbons (Fsp3) is 0.474. The number of rotatable bonds is 8. The third-order valence-electron chi connectivity index (χ3n) is 4.28. The van der Waals surface area contributed by atoms with Crippen LogP contribution in [0.3, 0.4) is 0 Å². The first-order chi connectivity index (χ1) is 14.0. The molecule has 0 spiro atoms. The van der Waals surface area contributed by atoms with Crippen molar-refractivity contribution in [3.05, 3.63) is 50.4 Å². The maximum atomic E-state index is 13.6. The quantitative estimate of drug-likeness (QED) is 0.270. The molecule has 0 saturated heterocycles. The lowest BCUT2D eigenvalue weighted by Gasteiger charge is -2.17. The number of alkyl halides is 5. The number of nitrogens with zero attached hydrogens (tertiary/aromatic N) is 2. The molecule has 0 aliphatic rings. The summed E-state index contributed by atoms with van der Waals surface area (Å²) in [5, 5.41) is 6.10. The van der Waals surface area contributed by atoms with E-state index in [-0.39, 0.29) is 16.7 Å². The van der Waals surface area contributed by atoms with Gasteiger partial charge >= 0.3 is 18.2 Å². The predicted molar refractivity (Wildman–Crippen MR) is 108 cm³/mol. The Balaban J connectivity index is 2.05. The largest absolute Gasteiger partial charge is 0.459 e. The zero-order valence-corrected chi connectivity index (χ0v) is 18.5. The molecule has 2 rings (SSSR count). The number of carbonyl (C=O) groups is 1. The fourth-order valence-corrected chi connectivity index (χ4v) is 3.36. The molecule has 0 radical (unpaired) electrons. The van der Waals surface area contributed by atoms with Crippen LogP contribution in [0.2, 0.25) is 0 Å². The van der Waals surface area contributed by atoms with Gasteiger partial charge in [0.2, 0.25) is 0 Å². The van der Waals surface area contributed by atoms with Crippen LogP contribution >= 0.6 is 22.6 Å². The molecule has 1 aromatic carbocycles. The summed E-state index contributed by atoms with van der Waals surface area (Å²) in [4.78, 5) is 11.6. The fourth-order valence-electron chi connectivity index (χ4n) is 2.59. The van der Waals surface area contributed by atoms with Crippen LogP contribution < -0.4 is 5.32 Å². The number of unbranched alkanes of at least 4 members (excludes halogenated alkanes) is 1. The van der Waals surface area contributed by atoms with Gasteiger partial charge in [-0.1, -0.05) is 31.5 Å². The molecule has 0 aliphatic carbocycles. The van der Waals surface area contributed by atoms with Gasteiger partial charge in [0.15, 0.2) is 5.69 Å². The number of halogens is 6. The molecular formula is C19H21F5IN3O2. The van der Waals surface area contributed by atoms with Gasteiger partial charge in [0.05, 0.1) is 16.7 Å². The Morgan fingerprint density at radius 3 is 2.57 bits per heavy atom. The van der Waals surface area contributed by atoms with E-state index < -0.39 is 23.9 Å². The lowest BCUT2D eigenvalue weighted by molar-refractivity contribution is -0.291. The predicted octanol–water partition coefficient (Wildman–Crippen LogP) is 5.52. The van der Waals surface area contributed by atoms with E-state index in [1.54, 1.807) is 25.1 Å². The minimum Gasteiger partial charge on any atom is -0.450 e. The van der Waals surface area contributed by atoms with Crippen LogP contribution in [0.4, 0.5) is 26.7 Å². The van der Waals surface area contributed by atoms with Gasteiger partial charge in [-0.3, -0.25) is 4.68 Å². The molecule has 1 heterocycles. The Hall–Kier alpha value is -1.92. The van der Waals surface area contributed by atoms with Crippen LogP contribution in [0.1, 0.15) is 42.1 Å². The van der Waals surface area contributed by atoms with Crippen molar-refractivity contribution < 1.29 is 31.5 Å². The van der Waals surface area contributed by atoms with Crippen molar-refractivity contribution in [1.29, 1.82) is 0 Å². The number of aryl methyl sites for hydroxylation is 1. The Labute approximate surface area is 184 Å². The van der Waals surface area contributed by atoms with E-state index in [1.807, 2.05) is 6.92 Å². The summed E-state index contributed by atoms with van der Waals surface area (Å²) in [5.41, 5.74) is 1.01. The molecule has 0 aliphatic heterocycles. The highest BCUT2D eigenvalue weighted by atomic mass is 127. The topological polar surface area (TPSA) is 56.1 Å². The molecule has 30 heavy (non-hydrogen) atoms. The van der Waals surface area contributed by atoms with Crippen molar-refractivity contribution in [3.63, 3.8) is 0 Å². The van der Waals surface area contributed by atoms with Crippen molar-refractivity contribution in [2.24, 2.45) is 0 Å². The average molecular weight is 545 g/mol. The zero-order chi connectivity index (χ0) is 22.5. The minimum absolute atomic E-state index is 0.0253. The molecule has 166 valence electrons. The smallest absolute Gasteiger partial charge is 0.450 e. The maximum Gasteiger partial charge on any atom is 0.459 e. The van der Waals surface area contributed by atoms with Crippen LogP contribution in [0.5, 0.6) is 0 Å².